The second-order valence-electron chi connectivity index (χ2n) is 3.82. The molecule has 1 aliphatic heterocycles. The molecule has 2 aliphatic rings. The Kier molecular flexibility index (Phi) is 1.88. The van der Waals surface area contributed by atoms with Crippen LogP contribution in [0, 0.1) is 0 Å². The van der Waals surface area contributed by atoms with E-state index in [1.165, 1.54) is 0 Å². The minimum Gasteiger partial charge on any atom is -0.445 e. The molecular weight excluding hydrogens is 220 g/mol. The number of fused-ring (bicyclic) bond motifs is 1. The quantitative estimate of drug-likeness (QED) is 0.628. The molecule has 0 unspecified atom stereocenters. The van der Waals surface area contributed by atoms with E-state index < -0.39 is 0 Å². The minimum absolute atomic E-state index is 0.00972. The molecule has 0 amide bonds. The van der Waals surface area contributed by atoms with E-state index in [4.69, 9.17) is 4.74 Å². The van der Waals surface area contributed by atoms with Crippen molar-refractivity contribution in [2.75, 3.05) is 0 Å². The predicted octanol–water partition coefficient (Wildman–Crippen LogP) is 1.46. The van der Waals surface area contributed by atoms with Crippen molar-refractivity contribution in [3.63, 3.8) is 0 Å². The summed E-state index contributed by atoms with van der Waals surface area (Å²) >= 11 is 0. The summed E-state index contributed by atoms with van der Waals surface area (Å²) in [5.74, 6) is 0.959. The van der Waals surface area contributed by atoms with Crippen LogP contribution >= 0.6 is 0 Å². The van der Waals surface area contributed by atoms with E-state index in [9.17, 15) is 14.4 Å². The number of carbonyl (C=O) groups is 2. The van der Waals surface area contributed by atoms with Crippen molar-refractivity contribution in [2.24, 2.45) is 0 Å². The van der Waals surface area contributed by atoms with Crippen LogP contribution in [-0.2, 0) is 9.53 Å². The van der Waals surface area contributed by atoms with Crippen molar-refractivity contribution in [3.8, 4) is 0 Å². The highest BCUT2D eigenvalue weighted by molar-refractivity contribution is 6.26. The fourth-order valence-electron chi connectivity index (χ4n) is 2.05. The van der Waals surface area contributed by atoms with Gasteiger partial charge in [-0.1, -0.05) is 24.3 Å². The monoisotopic (exact) mass is 226 g/mol. The molecular formula is C13H6O4. The number of ketones is 2. The summed E-state index contributed by atoms with van der Waals surface area (Å²) < 4.78 is 5.06. The third-order valence-corrected chi connectivity index (χ3v) is 2.85. The highest BCUT2D eigenvalue weighted by Crippen LogP contribution is 2.36. The summed E-state index contributed by atoms with van der Waals surface area (Å²) in [7, 11) is 0. The zero-order chi connectivity index (χ0) is 12.0. The van der Waals surface area contributed by atoms with Crippen LogP contribution in [-0.4, -0.2) is 17.5 Å². The van der Waals surface area contributed by atoms with Gasteiger partial charge in [-0.25, -0.2) is 4.79 Å². The molecule has 0 radical (unpaired) electrons. The number of ether oxygens (including phenoxy) is 1. The first-order valence-corrected chi connectivity index (χ1v) is 5.06. The molecule has 3 rings (SSSR count). The fourth-order valence-corrected chi connectivity index (χ4v) is 2.05. The summed E-state index contributed by atoms with van der Waals surface area (Å²) in [6, 6.07) is 6.55. The highest BCUT2D eigenvalue weighted by Gasteiger charge is 2.38. The highest BCUT2D eigenvalue weighted by atomic mass is 16.5. The lowest BCUT2D eigenvalue weighted by atomic mass is 9.88. The van der Waals surface area contributed by atoms with Crippen molar-refractivity contribution < 1.29 is 19.1 Å². The van der Waals surface area contributed by atoms with E-state index in [-0.39, 0.29) is 35.1 Å². The van der Waals surface area contributed by atoms with Crippen LogP contribution in [0.5, 0.6) is 0 Å². The number of rotatable bonds is 0. The second-order valence-corrected chi connectivity index (χ2v) is 3.82. The van der Waals surface area contributed by atoms with Crippen LogP contribution in [0.4, 0.5) is 0 Å². The van der Waals surface area contributed by atoms with Gasteiger partial charge in [-0.05, 0) is 0 Å². The molecule has 0 saturated carbocycles. The van der Waals surface area contributed by atoms with Gasteiger partial charge in [0.05, 0.1) is 5.57 Å². The van der Waals surface area contributed by atoms with Gasteiger partial charge in [0.25, 0.3) is 0 Å². The number of carbonyl (C=O) groups excluding carboxylic acids is 3. The first kappa shape index (κ1) is 9.75. The molecule has 0 N–H and O–H groups in total. The summed E-state index contributed by atoms with van der Waals surface area (Å²) in [5.41, 5.74) is 0.947. The Morgan fingerprint density at radius 3 is 2.35 bits per heavy atom. The van der Waals surface area contributed by atoms with Crippen LogP contribution in [0.25, 0.3) is 0 Å². The van der Waals surface area contributed by atoms with E-state index in [1.807, 2.05) is 0 Å². The molecule has 0 saturated heterocycles. The Labute approximate surface area is 96.2 Å². The van der Waals surface area contributed by atoms with Gasteiger partial charge in [0.15, 0.2) is 23.2 Å². The maximum atomic E-state index is 12.1. The maximum Gasteiger partial charge on any atom is 0.229 e. The molecule has 4 heteroatoms. The summed E-state index contributed by atoms with van der Waals surface area (Å²) in [5, 5.41) is 0. The topological polar surface area (TPSA) is 60.4 Å². The van der Waals surface area contributed by atoms with Crippen LogP contribution in [0.3, 0.4) is 0 Å². The van der Waals surface area contributed by atoms with E-state index in [0.717, 1.165) is 0 Å². The van der Waals surface area contributed by atoms with Crippen molar-refractivity contribution in [1.29, 1.82) is 0 Å². The molecule has 1 aliphatic carbocycles. The predicted molar refractivity (Wildman–Crippen MR) is 57.0 cm³/mol. The van der Waals surface area contributed by atoms with Crippen molar-refractivity contribution in [3.05, 3.63) is 52.5 Å². The Hall–Kier alpha value is -2.45. The third kappa shape index (κ3) is 1.22. The van der Waals surface area contributed by atoms with Gasteiger partial charge in [-0.2, -0.15) is 0 Å². The van der Waals surface area contributed by atoms with Crippen molar-refractivity contribution >= 4 is 17.5 Å². The second kappa shape index (κ2) is 3.27. The number of hydrogen-bond acceptors (Lipinski definition) is 4. The first-order valence-electron chi connectivity index (χ1n) is 5.06. The Morgan fingerprint density at radius 2 is 1.71 bits per heavy atom. The maximum absolute atomic E-state index is 12.1. The van der Waals surface area contributed by atoms with E-state index in [1.54, 1.807) is 30.2 Å². The van der Waals surface area contributed by atoms with Gasteiger partial charge in [0.1, 0.15) is 0 Å². The zero-order valence-electron chi connectivity index (χ0n) is 8.65. The van der Waals surface area contributed by atoms with Gasteiger partial charge < -0.3 is 4.74 Å². The molecule has 1 aromatic carbocycles. The molecule has 0 bridgehead atoms. The van der Waals surface area contributed by atoms with Gasteiger partial charge in [-0.3, -0.25) is 9.59 Å². The molecule has 82 valence electrons. The van der Waals surface area contributed by atoms with Gasteiger partial charge >= 0.3 is 0 Å². The standard InChI is InChI=1S/C13H6O4/c14-6-7-5-10-11(15)8-3-1-2-4-9(8)12(16)13(10)17-7/h1-4H,5H2. The number of hydrogen-bond donors (Lipinski definition) is 0. The van der Waals surface area contributed by atoms with Gasteiger partial charge in [0.2, 0.25) is 5.78 Å². The zero-order valence-corrected chi connectivity index (χ0v) is 8.65. The third-order valence-electron chi connectivity index (χ3n) is 2.85. The number of Topliss-reactive ketones (excluding diaryl/α,β-unsaturated/α-hetero) is 2. The van der Waals surface area contributed by atoms with Crippen molar-refractivity contribution in [2.45, 2.75) is 6.42 Å². The molecule has 0 aromatic heterocycles. The Morgan fingerprint density at radius 1 is 1.06 bits per heavy atom. The fraction of sp³-hybridized carbons (Fsp3) is 0.0769. The largest absolute Gasteiger partial charge is 0.445 e. The Balaban J connectivity index is 2.21. The first-order chi connectivity index (χ1) is 8.22. The molecule has 0 fully saturated rings. The van der Waals surface area contributed by atoms with Crippen LogP contribution in [0.1, 0.15) is 27.1 Å². The van der Waals surface area contributed by atoms with Crippen LogP contribution < -0.4 is 0 Å². The molecule has 4 nitrogen and oxygen atoms in total. The van der Waals surface area contributed by atoms with Crippen molar-refractivity contribution in [1.82, 2.24) is 0 Å². The lowest BCUT2D eigenvalue weighted by Gasteiger charge is -2.13. The molecule has 1 aromatic rings. The molecule has 17 heavy (non-hydrogen) atoms. The van der Waals surface area contributed by atoms with E-state index >= 15 is 0 Å². The summed E-state index contributed by atoms with van der Waals surface area (Å²) in [6.45, 7) is 0. The lowest BCUT2D eigenvalue weighted by molar-refractivity contribution is 0.0933. The molecule has 0 atom stereocenters. The average Bonchev–Trinajstić information content (AvgIpc) is 2.80. The number of allylic oxidation sites excluding steroid dienone is 2. The van der Waals surface area contributed by atoms with E-state index in [2.05, 4.69) is 0 Å². The van der Waals surface area contributed by atoms with Crippen LogP contribution in [0.2, 0.25) is 0 Å². The average molecular weight is 226 g/mol. The molecule has 0 spiro atoms. The SMILES string of the molecule is O=C=C1CC2=C(O1)C(=O)c1ccccc1C2=O. The minimum atomic E-state index is -0.347. The van der Waals surface area contributed by atoms with Gasteiger partial charge in [0, 0.05) is 17.5 Å². The smallest absolute Gasteiger partial charge is 0.229 e. The Bertz CT molecular complexity index is 596. The number of benzene rings is 1. The van der Waals surface area contributed by atoms with Crippen LogP contribution in [0.15, 0.2) is 41.4 Å². The summed E-state index contributed by atoms with van der Waals surface area (Å²) in [6.07, 6.45) is 0.0533. The van der Waals surface area contributed by atoms with E-state index in [0.29, 0.717) is 11.1 Å². The molecule has 1 heterocycles. The normalized spacial score (nSPS) is 17.5. The van der Waals surface area contributed by atoms with Gasteiger partial charge in [-0.15, -0.1) is 0 Å². The summed E-state index contributed by atoms with van der Waals surface area (Å²) in [4.78, 5) is 34.6. The lowest BCUT2D eigenvalue weighted by Crippen LogP contribution is -2.19.